The number of methoxy groups -OCH3 is 3. The van der Waals surface area contributed by atoms with Crippen molar-refractivity contribution < 1.29 is 36.9 Å². The average Bonchev–Trinajstić information content (AvgIpc) is 2.64. The molecule has 28 heavy (non-hydrogen) atoms. The minimum Gasteiger partial charge on any atom is -0.455 e. The molecule has 0 bridgehead atoms. The van der Waals surface area contributed by atoms with Crippen molar-refractivity contribution in [3.8, 4) is 0 Å². The number of hydrogen-bond donors (Lipinski definition) is 0. The summed E-state index contributed by atoms with van der Waals surface area (Å²) in [5.41, 5.74) is -3.22. The van der Waals surface area contributed by atoms with E-state index in [9.17, 15) is 18.0 Å². The van der Waals surface area contributed by atoms with E-state index in [1.807, 2.05) is 0 Å². The molecule has 3 atom stereocenters. The third-order valence-electron chi connectivity index (χ3n) is 4.50. The van der Waals surface area contributed by atoms with Gasteiger partial charge in [0.05, 0.1) is 0 Å². The Morgan fingerprint density at radius 3 is 2.04 bits per heavy atom. The number of esters is 1. The van der Waals surface area contributed by atoms with Crippen molar-refractivity contribution in [2.45, 2.75) is 44.4 Å². The molecule has 5 nitrogen and oxygen atoms in total. The van der Waals surface area contributed by atoms with Crippen molar-refractivity contribution in [3.05, 3.63) is 48.0 Å². The van der Waals surface area contributed by atoms with Crippen molar-refractivity contribution in [1.29, 1.82) is 0 Å². The molecule has 0 fully saturated rings. The molecule has 0 radical (unpaired) electrons. The monoisotopic (exact) mass is 404 g/mol. The summed E-state index contributed by atoms with van der Waals surface area (Å²) in [7, 11) is 3.71. The highest BCUT2D eigenvalue weighted by molar-refractivity contribution is 5.83. The van der Waals surface area contributed by atoms with Crippen LogP contribution in [0.2, 0.25) is 0 Å². The van der Waals surface area contributed by atoms with Crippen molar-refractivity contribution in [2.75, 3.05) is 21.3 Å². The lowest BCUT2D eigenvalue weighted by Gasteiger charge is -2.35. The molecule has 1 aromatic carbocycles. The van der Waals surface area contributed by atoms with Gasteiger partial charge in [-0.2, -0.15) is 13.2 Å². The van der Waals surface area contributed by atoms with Crippen LogP contribution in [0.4, 0.5) is 13.2 Å². The van der Waals surface area contributed by atoms with Crippen LogP contribution in [-0.4, -0.2) is 45.9 Å². The number of hydrogen-bond acceptors (Lipinski definition) is 5. The van der Waals surface area contributed by atoms with Gasteiger partial charge in [-0.05, 0) is 12.5 Å². The smallest absolute Gasteiger partial charge is 0.432 e. The zero-order chi connectivity index (χ0) is 21.5. The molecule has 0 aliphatic rings. The van der Waals surface area contributed by atoms with Crippen LogP contribution in [0.1, 0.15) is 25.8 Å². The summed E-state index contributed by atoms with van der Waals surface area (Å²) in [4.78, 5) is 12.8. The van der Waals surface area contributed by atoms with Crippen LogP contribution in [0.5, 0.6) is 0 Å². The summed E-state index contributed by atoms with van der Waals surface area (Å²) >= 11 is 0. The van der Waals surface area contributed by atoms with Crippen molar-refractivity contribution in [2.24, 2.45) is 5.92 Å². The van der Waals surface area contributed by atoms with Gasteiger partial charge in [0, 0.05) is 39.2 Å². The molecule has 0 unspecified atom stereocenters. The lowest BCUT2D eigenvalue weighted by molar-refractivity contribution is -0.278. The van der Waals surface area contributed by atoms with E-state index in [1.54, 1.807) is 19.9 Å². The Morgan fingerprint density at radius 2 is 1.64 bits per heavy atom. The van der Waals surface area contributed by atoms with Crippen LogP contribution in [0.25, 0.3) is 0 Å². The second-order valence-corrected chi connectivity index (χ2v) is 6.54. The highest BCUT2D eigenvalue weighted by Crippen LogP contribution is 2.43. The lowest BCUT2D eigenvalue weighted by Crippen LogP contribution is -2.53. The Labute approximate surface area is 163 Å². The molecule has 158 valence electrons. The van der Waals surface area contributed by atoms with Crippen LogP contribution < -0.4 is 0 Å². The zero-order valence-electron chi connectivity index (χ0n) is 16.7. The van der Waals surface area contributed by atoms with Crippen molar-refractivity contribution in [3.63, 3.8) is 0 Å². The van der Waals surface area contributed by atoms with E-state index in [0.717, 1.165) is 7.11 Å². The minimum absolute atomic E-state index is 0.287. The maximum atomic E-state index is 14.0. The third kappa shape index (κ3) is 5.12. The Morgan fingerprint density at radius 1 is 1.11 bits per heavy atom. The maximum absolute atomic E-state index is 14.0. The molecule has 8 heteroatoms. The molecule has 0 aliphatic heterocycles. The molecule has 0 heterocycles. The van der Waals surface area contributed by atoms with Gasteiger partial charge in [-0.15, -0.1) is 0 Å². The highest BCUT2D eigenvalue weighted by atomic mass is 19.4. The fourth-order valence-corrected chi connectivity index (χ4v) is 3.00. The quantitative estimate of drug-likeness (QED) is 0.332. The van der Waals surface area contributed by atoms with Crippen LogP contribution in [0.3, 0.4) is 0 Å². The largest absolute Gasteiger partial charge is 0.455 e. The van der Waals surface area contributed by atoms with Gasteiger partial charge in [0.15, 0.2) is 6.29 Å². The molecule has 1 aromatic rings. The van der Waals surface area contributed by atoms with Crippen LogP contribution in [0, 0.1) is 5.92 Å². The van der Waals surface area contributed by atoms with Gasteiger partial charge in [-0.3, -0.25) is 0 Å². The van der Waals surface area contributed by atoms with Gasteiger partial charge in [0.1, 0.15) is 6.10 Å². The first kappa shape index (κ1) is 24.1. The standard InChI is InChI=1S/C20H27F3O5/c1-13(2)17(14(3)12-16(25-4)26-5)28-18(24)19(27-6,20(21,22)23)15-10-8-7-9-11-15/h7-11,14,16-17H,1,12H2,2-6H3/t14-,17-,19+/m0/s1. The number of halogens is 3. The maximum Gasteiger partial charge on any atom is 0.432 e. The predicted octanol–water partition coefficient (Wildman–Crippen LogP) is 4.22. The van der Waals surface area contributed by atoms with E-state index in [-0.39, 0.29) is 12.0 Å². The van der Waals surface area contributed by atoms with Gasteiger partial charge >= 0.3 is 12.1 Å². The second-order valence-electron chi connectivity index (χ2n) is 6.54. The molecular weight excluding hydrogens is 377 g/mol. The number of alkyl halides is 3. The SMILES string of the molecule is C=C(C)[C@H](OC(=O)[C@](OC)(c1ccccc1)C(F)(F)F)[C@@H](C)CC(OC)OC. The predicted molar refractivity (Wildman–Crippen MR) is 97.5 cm³/mol. The Kier molecular flexibility index (Phi) is 8.66. The van der Waals surface area contributed by atoms with Gasteiger partial charge in [-0.25, -0.2) is 4.79 Å². The van der Waals surface area contributed by atoms with E-state index in [2.05, 4.69) is 6.58 Å². The number of rotatable bonds is 10. The zero-order valence-corrected chi connectivity index (χ0v) is 16.7. The van der Waals surface area contributed by atoms with Crippen molar-refractivity contribution >= 4 is 5.97 Å². The molecule has 1 rings (SSSR count). The molecule has 0 saturated carbocycles. The third-order valence-corrected chi connectivity index (χ3v) is 4.50. The fourth-order valence-electron chi connectivity index (χ4n) is 3.00. The van der Waals surface area contributed by atoms with E-state index in [0.29, 0.717) is 5.57 Å². The summed E-state index contributed by atoms with van der Waals surface area (Å²) in [6.07, 6.45) is -6.33. The Hall–Kier alpha value is -1.90. The summed E-state index contributed by atoms with van der Waals surface area (Å²) < 4.78 is 62.3. The summed E-state index contributed by atoms with van der Waals surface area (Å²) in [5.74, 6) is -1.97. The van der Waals surface area contributed by atoms with E-state index < -0.39 is 36.1 Å². The molecular formula is C20H27F3O5. The second kappa shape index (κ2) is 10.0. The number of ether oxygens (including phenoxy) is 4. The fraction of sp³-hybridized carbons (Fsp3) is 0.550. The summed E-state index contributed by atoms with van der Waals surface area (Å²) in [6, 6.07) is 6.66. The topological polar surface area (TPSA) is 54.0 Å². The van der Waals surface area contributed by atoms with Crippen LogP contribution >= 0.6 is 0 Å². The minimum atomic E-state index is -5.04. The average molecular weight is 404 g/mol. The molecule has 0 amide bonds. The first-order valence-corrected chi connectivity index (χ1v) is 8.64. The van der Waals surface area contributed by atoms with Gasteiger partial charge in [0.2, 0.25) is 0 Å². The molecule has 0 saturated heterocycles. The molecule has 0 aromatic heterocycles. The highest BCUT2D eigenvalue weighted by Gasteiger charge is 2.64. The molecule has 0 N–H and O–H groups in total. The number of carbonyl (C=O) groups excluding carboxylic acids is 1. The van der Waals surface area contributed by atoms with Gasteiger partial charge in [-0.1, -0.05) is 43.8 Å². The van der Waals surface area contributed by atoms with Crippen LogP contribution in [0.15, 0.2) is 42.5 Å². The Balaban J connectivity index is 3.26. The first-order valence-electron chi connectivity index (χ1n) is 8.64. The summed E-state index contributed by atoms with van der Waals surface area (Å²) in [5, 5.41) is 0. The number of benzene rings is 1. The molecule has 0 spiro atoms. The number of carbonyl (C=O) groups is 1. The van der Waals surface area contributed by atoms with Gasteiger partial charge < -0.3 is 18.9 Å². The lowest BCUT2D eigenvalue weighted by atomic mass is 9.91. The normalized spacial score (nSPS) is 16.3. The van der Waals surface area contributed by atoms with E-state index in [1.165, 1.54) is 38.5 Å². The van der Waals surface area contributed by atoms with Gasteiger partial charge in [0.25, 0.3) is 5.60 Å². The molecule has 0 aliphatic carbocycles. The summed E-state index contributed by atoms with van der Waals surface area (Å²) in [6.45, 7) is 7.04. The van der Waals surface area contributed by atoms with Crippen molar-refractivity contribution in [1.82, 2.24) is 0 Å². The van der Waals surface area contributed by atoms with E-state index in [4.69, 9.17) is 18.9 Å². The van der Waals surface area contributed by atoms with Crippen LogP contribution in [-0.2, 0) is 29.3 Å². The Bertz CT molecular complexity index is 643. The first-order chi connectivity index (χ1) is 13.0. The van der Waals surface area contributed by atoms with E-state index >= 15 is 0 Å².